The van der Waals surface area contributed by atoms with Gasteiger partial charge in [-0.25, -0.2) is 13.6 Å². The zero-order valence-electron chi connectivity index (χ0n) is 11.2. The van der Waals surface area contributed by atoms with Gasteiger partial charge in [0, 0.05) is 18.7 Å². The number of amides is 2. The molecule has 2 rings (SSSR count). The van der Waals surface area contributed by atoms with E-state index in [0.29, 0.717) is 6.54 Å². The van der Waals surface area contributed by atoms with E-state index in [0.717, 1.165) is 44.0 Å². The lowest BCUT2D eigenvalue weighted by atomic mass is 10.1. The lowest BCUT2D eigenvalue weighted by Gasteiger charge is -2.16. The summed E-state index contributed by atoms with van der Waals surface area (Å²) in [4.78, 5) is 11.7. The van der Waals surface area contributed by atoms with Crippen LogP contribution in [0.25, 0.3) is 0 Å². The van der Waals surface area contributed by atoms with Crippen molar-refractivity contribution in [1.29, 1.82) is 0 Å². The van der Waals surface area contributed by atoms with Gasteiger partial charge in [0.25, 0.3) is 0 Å². The fourth-order valence-corrected chi connectivity index (χ4v) is 2.25. The fourth-order valence-electron chi connectivity index (χ4n) is 2.25. The van der Waals surface area contributed by atoms with Gasteiger partial charge in [-0.05, 0) is 31.5 Å². The Morgan fingerprint density at radius 2 is 2.15 bits per heavy atom. The van der Waals surface area contributed by atoms with E-state index in [9.17, 15) is 13.6 Å². The Labute approximate surface area is 116 Å². The summed E-state index contributed by atoms with van der Waals surface area (Å²) in [6, 6.07) is 2.66. The molecular formula is C14H19F2N3O. The van der Waals surface area contributed by atoms with Crippen LogP contribution in [0, 0.1) is 11.6 Å². The van der Waals surface area contributed by atoms with Crippen LogP contribution in [0.5, 0.6) is 0 Å². The Morgan fingerprint density at radius 1 is 1.30 bits per heavy atom. The summed E-state index contributed by atoms with van der Waals surface area (Å²) < 4.78 is 26.3. The normalized spacial score (nSPS) is 19.2. The molecule has 6 heteroatoms. The van der Waals surface area contributed by atoms with Crippen LogP contribution < -0.4 is 16.0 Å². The van der Waals surface area contributed by atoms with Crippen molar-refractivity contribution in [2.45, 2.75) is 31.7 Å². The average molecular weight is 283 g/mol. The van der Waals surface area contributed by atoms with Crippen LogP contribution >= 0.6 is 0 Å². The van der Waals surface area contributed by atoms with E-state index in [1.165, 1.54) is 6.42 Å². The minimum atomic E-state index is -0.658. The molecule has 1 saturated heterocycles. The quantitative estimate of drug-likeness (QED) is 0.798. The number of carbonyl (C=O) groups is 1. The number of hydrogen-bond donors (Lipinski definition) is 3. The third kappa shape index (κ3) is 4.45. The maximum atomic E-state index is 13.4. The molecule has 1 aromatic rings. The summed E-state index contributed by atoms with van der Waals surface area (Å²) in [5, 5.41) is 8.33. The molecule has 1 heterocycles. The van der Waals surface area contributed by atoms with Crippen molar-refractivity contribution >= 4 is 11.7 Å². The molecule has 0 spiro atoms. The largest absolute Gasteiger partial charge is 0.336 e. The van der Waals surface area contributed by atoms with Crippen molar-refractivity contribution in [2.75, 3.05) is 18.4 Å². The number of nitrogens with one attached hydrogen (secondary N) is 3. The van der Waals surface area contributed by atoms with E-state index in [2.05, 4.69) is 16.0 Å². The number of benzene rings is 1. The van der Waals surface area contributed by atoms with Gasteiger partial charge in [-0.3, -0.25) is 0 Å². The van der Waals surface area contributed by atoms with Gasteiger partial charge >= 0.3 is 6.03 Å². The van der Waals surface area contributed by atoms with E-state index >= 15 is 0 Å². The molecule has 1 aliphatic rings. The average Bonchev–Trinajstić information content (AvgIpc) is 2.69. The SMILES string of the molecule is O=C(NC[C@H]1CCCCCN1)Nc1cc(F)ccc1F. The molecule has 1 fully saturated rings. The highest BCUT2D eigenvalue weighted by atomic mass is 19.1. The number of anilines is 1. The zero-order valence-corrected chi connectivity index (χ0v) is 11.2. The number of halogens is 2. The standard InChI is InChI=1S/C14H19F2N3O/c15-10-5-6-12(16)13(8-10)19-14(20)18-9-11-4-2-1-3-7-17-11/h5-6,8,11,17H,1-4,7,9H2,(H2,18,19,20)/t11-/m1/s1. The maximum Gasteiger partial charge on any atom is 0.319 e. The molecule has 1 aliphatic heterocycles. The molecule has 0 aromatic heterocycles. The lowest BCUT2D eigenvalue weighted by Crippen LogP contribution is -2.42. The van der Waals surface area contributed by atoms with E-state index in [4.69, 9.17) is 0 Å². The Bertz CT molecular complexity index is 460. The van der Waals surface area contributed by atoms with Gasteiger partial charge in [-0.15, -0.1) is 0 Å². The number of carbonyl (C=O) groups excluding carboxylic acids is 1. The molecule has 0 aliphatic carbocycles. The second-order valence-electron chi connectivity index (χ2n) is 4.96. The van der Waals surface area contributed by atoms with E-state index < -0.39 is 17.7 Å². The summed E-state index contributed by atoms with van der Waals surface area (Å²) in [6.07, 6.45) is 4.50. The van der Waals surface area contributed by atoms with E-state index in [-0.39, 0.29) is 11.7 Å². The molecule has 1 aromatic carbocycles. The second kappa shape index (κ2) is 7.19. The molecule has 0 saturated carbocycles. The first kappa shape index (κ1) is 14.7. The Kier molecular flexibility index (Phi) is 5.29. The van der Waals surface area contributed by atoms with Crippen molar-refractivity contribution in [3.05, 3.63) is 29.8 Å². The molecule has 1 atom stereocenters. The second-order valence-corrected chi connectivity index (χ2v) is 4.96. The van der Waals surface area contributed by atoms with Gasteiger partial charge in [0.2, 0.25) is 0 Å². The predicted octanol–water partition coefficient (Wildman–Crippen LogP) is 2.62. The highest BCUT2D eigenvalue weighted by molar-refractivity contribution is 5.89. The molecule has 3 N–H and O–H groups in total. The molecule has 0 bridgehead atoms. The molecule has 110 valence electrons. The summed E-state index contributed by atoms with van der Waals surface area (Å²) in [5.74, 6) is -1.25. The smallest absolute Gasteiger partial charge is 0.319 e. The summed E-state index contributed by atoms with van der Waals surface area (Å²) in [7, 11) is 0. The van der Waals surface area contributed by atoms with Crippen molar-refractivity contribution < 1.29 is 13.6 Å². The van der Waals surface area contributed by atoms with Gasteiger partial charge in [0.1, 0.15) is 11.6 Å². The maximum absolute atomic E-state index is 13.4. The third-order valence-electron chi connectivity index (χ3n) is 3.35. The summed E-state index contributed by atoms with van der Waals surface area (Å²) in [6.45, 7) is 1.43. The van der Waals surface area contributed by atoms with Gasteiger partial charge in [0.15, 0.2) is 0 Å². The van der Waals surface area contributed by atoms with Crippen LogP contribution in [0.1, 0.15) is 25.7 Å². The minimum Gasteiger partial charge on any atom is -0.336 e. The number of hydrogen-bond acceptors (Lipinski definition) is 2. The topological polar surface area (TPSA) is 53.2 Å². The Hall–Kier alpha value is -1.69. The van der Waals surface area contributed by atoms with Gasteiger partial charge in [-0.2, -0.15) is 0 Å². The number of urea groups is 1. The first-order valence-corrected chi connectivity index (χ1v) is 6.88. The first-order valence-electron chi connectivity index (χ1n) is 6.88. The fraction of sp³-hybridized carbons (Fsp3) is 0.500. The van der Waals surface area contributed by atoms with Crippen molar-refractivity contribution in [1.82, 2.24) is 10.6 Å². The molecule has 4 nitrogen and oxygen atoms in total. The zero-order chi connectivity index (χ0) is 14.4. The highest BCUT2D eigenvalue weighted by Crippen LogP contribution is 2.15. The molecule has 2 amide bonds. The summed E-state index contributed by atoms with van der Waals surface area (Å²) >= 11 is 0. The van der Waals surface area contributed by atoms with Crippen molar-refractivity contribution in [3.8, 4) is 0 Å². The Balaban J connectivity index is 1.81. The highest BCUT2D eigenvalue weighted by Gasteiger charge is 2.13. The van der Waals surface area contributed by atoms with Gasteiger partial charge in [-0.1, -0.05) is 12.8 Å². The molecule has 0 radical (unpaired) electrons. The van der Waals surface area contributed by atoms with Crippen LogP contribution in [0.2, 0.25) is 0 Å². The van der Waals surface area contributed by atoms with E-state index in [1.54, 1.807) is 0 Å². The van der Waals surface area contributed by atoms with Crippen LogP contribution in [-0.4, -0.2) is 25.2 Å². The van der Waals surface area contributed by atoms with Crippen molar-refractivity contribution in [2.24, 2.45) is 0 Å². The van der Waals surface area contributed by atoms with Crippen LogP contribution in [-0.2, 0) is 0 Å². The third-order valence-corrected chi connectivity index (χ3v) is 3.35. The van der Waals surface area contributed by atoms with Crippen LogP contribution in [0.4, 0.5) is 19.3 Å². The monoisotopic (exact) mass is 283 g/mol. The molecule has 20 heavy (non-hydrogen) atoms. The minimum absolute atomic E-state index is 0.156. The van der Waals surface area contributed by atoms with Crippen molar-refractivity contribution in [3.63, 3.8) is 0 Å². The Morgan fingerprint density at radius 3 is 3.00 bits per heavy atom. The molecular weight excluding hydrogens is 264 g/mol. The molecule has 0 unspecified atom stereocenters. The van der Waals surface area contributed by atoms with Gasteiger partial charge in [0.05, 0.1) is 5.69 Å². The van der Waals surface area contributed by atoms with E-state index in [1.807, 2.05) is 0 Å². The summed E-state index contributed by atoms with van der Waals surface area (Å²) in [5.41, 5.74) is -0.156. The number of rotatable bonds is 3. The van der Waals surface area contributed by atoms with Crippen LogP contribution in [0.15, 0.2) is 18.2 Å². The first-order chi connectivity index (χ1) is 9.65. The predicted molar refractivity (Wildman–Crippen MR) is 73.6 cm³/mol. The van der Waals surface area contributed by atoms with Gasteiger partial charge < -0.3 is 16.0 Å². The lowest BCUT2D eigenvalue weighted by molar-refractivity contribution is 0.250. The van der Waals surface area contributed by atoms with Crippen LogP contribution in [0.3, 0.4) is 0 Å².